The summed E-state index contributed by atoms with van der Waals surface area (Å²) in [6, 6.07) is 4.04. The maximum Gasteiger partial charge on any atom is 0.416 e. The third kappa shape index (κ3) is 3.62. The first-order valence-corrected chi connectivity index (χ1v) is 6.72. The minimum atomic E-state index is -4.43. The summed E-state index contributed by atoms with van der Waals surface area (Å²) in [6.07, 6.45) is -2.37. The number of ketones is 1. The van der Waals surface area contributed by atoms with E-state index in [1.54, 1.807) is 0 Å². The van der Waals surface area contributed by atoms with Gasteiger partial charge in [0.1, 0.15) is 0 Å². The topological polar surface area (TPSA) is 54.4 Å². The third-order valence-corrected chi connectivity index (χ3v) is 3.96. The molecule has 2 rings (SSSR count). The van der Waals surface area contributed by atoms with Gasteiger partial charge in [-0.05, 0) is 30.9 Å². The molecule has 1 N–H and O–H groups in total. The van der Waals surface area contributed by atoms with Crippen molar-refractivity contribution in [3.63, 3.8) is 0 Å². The first-order valence-electron chi connectivity index (χ1n) is 6.72. The maximum absolute atomic E-state index is 12.4. The van der Waals surface area contributed by atoms with Gasteiger partial charge in [0.05, 0.1) is 11.5 Å². The highest BCUT2D eigenvalue weighted by Gasteiger charge is 2.34. The molecule has 0 aromatic heterocycles. The summed E-state index contributed by atoms with van der Waals surface area (Å²) in [4.78, 5) is 23.1. The molecule has 1 aromatic rings. The molecule has 0 saturated heterocycles. The van der Waals surface area contributed by atoms with E-state index in [4.69, 9.17) is 5.11 Å². The van der Waals surface area contributed by atoms with Crippen LogP contribution in [0.25, 0.3) is 0 Å². The van der Waals surface area contributed by atoms with Gasteiger partial charge in [-0.3, -0.25) is 9.59 Å². The van der Waals surface area contributed by atoms with E-state index >= 15 is 0 Å². The van der Waals surface area contributed by atoms with E-state index in [0.29, 0.717) is 12.8 Å². The largest absolute Gasteiger partial charge is 0.481 e. The Balaban J connectivity index is 2.05. The Morgan fingerprint density at radius 1 is 1.14 bits per heavy atom. The van der Waals surface area contributed by atoms with Crippen molar-refractivity contribution < 1.29 is 27.9 Å². The van der Waals surface area contributed by atoms with Crippen LogP contribution in [0.1, 0.15) is 41.6 Å². The molecule has 0 radical (unpaired) electrons. The van der Waals surface area contributed by atoms with Gasteiger partial charge in [-0.2, -0.15) is 13.2 Å². The van der Waals surface area contributed by atoms with Crippen molar-refractivity contribution in [3.05, 3.63) is 35.4 Å². The number of halogens is 3. The Labute approximate surface area is 119 Å². The number of hydrogen-bond donors (Lipinski definition) is 1. The van der Waals surface area contributed by atoms with Crippen LogP contribution in [0.3, 0.4) is 0 Å². The van der Waals surface area contributed by atoms with Gasteiger partial charge in [0.2, 0.25) is 0 Å². The number of benzene rings is 1. The van der Waals surface area contributed by atoms with E-state index in [9.17, 15) is 22.8 Å². The molecule has 1 aromatic carbocycles. The van der Waals surface area contributed by atoms with E-state index in [1.165, 1.54) is 0 Å². The van der Waals surface area contributed by atoms with E-state index in [1.807, 2.05) is 0 Å². The van der Waals surface area contributed by atoms with Crippen molar-refractivity contribution in [1.29, 1.82) is 0 Å². The van der Waals surface area contributed by atoms with Gasteiger partial charge in [0.15, 0.2) is 5.78 Å². The summed E-state index contributed by atoms with van der Waals surface area (Å²) < 4.78 is 37.3. The second-order valence-corrected chi connectivity index (χ2v) is 5.34. The molecule has 2 atom stereocenters. The molecular formula is C15H15F3O3. The predicted octanol–water partition coefficient (Wildman–Crippen LogP) is 3.78. The summed E-state index contributed by atoms with van der Waals surface area (Å²) in [5.74, 6) is -1.96. The summed E-state index contributed by atoms with van der Waals surface area (Å²) in [5.41, 5.74) is -0.609. The molecule has 0 bridgehead atoms. The van der Waals surface area contributed by atoms with Gasteiger partial charge in [0, 0.05) is 12.0 Å². The number of rotatable bonds is 4. The van der Waals surface area contributed by atoms with Crippen molar-refractivity contribution in [3.8, 4) is 0 Å². The van der Waals surface area contributed by atoms with Crippen molar-refractivity contribution >= 4 is 11.8 Å². The maximum atomic E-state index is 12.4. The Morgan fingerprint density at radius 2 is 1.76 bits per heavy atom. The third-order valence-electron chi connectivity index (χ3n) is 3.96. The SMILES string of the molecule is O=C(C[C@H]1CCC[C@@H]1C(=O)O)c1ccc(C(F)(F)F)cc1. The molecule has 1 saturated carbocycles. The van der Waals surface area contributed by atoms with E-state index < -0.39 is 23.6 Å². The fourth-order valence-corrected chi connectivity index (χ4v) is 2.81. The molecule has 114 valence electrons. The van der Waals surface area contributed by atoms with Crippen LogP contribution in [0.4, 0.5) is 13.2 Å². The van der Waals surface area contributed by atoms with Crippen LogP contribution >= 0.6 is 0 Å². The molecule has 0 spiro atoms. The van der Waals surface area contributed by atoms with Crippen molar-refractivity contribution in [2.45, 2.75) is 31.9 Å². The summed E-state index contributed by atoms with van der Waals surface area (Å²) in [7, 11) is 0. The molecule has 3 nitrogen and oxygen atoms in total. The average Bonchev–Trinajstić information content (AvgIpc) is 2.86. The number of carbonyl (C=O) groups excluding carboxylic acids is 1. The zero-order valence-electron chi connectivity index (χ0n) is 11.2. The Bertz CT molecular complexity index is 534. The highest BCUT2D eigenvalue weighted by Crippen LogP contribution is 2.35. The summed E-state index contributed by atoms with van der Waals surface area (Å²) in [5, 5.41) is 9.06. The summed E-state index contributed by atoms with van der Waals surface area (Å²) in [6.45, 7) is 0. The molecule has 0 heterocycles. The normalized spacial score (nSPS) is 22.2. The second-order valence-electron chi connectivity index (χ2n) is 5.34. The minimum Gasteiger partial charge on any atom is -0.481 e. The number of hydrogen-bond acceptors (Lipinski definition) is 2. The lowest BCUT2D eigenvalue weighted by Crippen LogP contribution is -2.21. The van der Waals surface area contributed by atoms with Crippen molar-refractivity contribution in [2.24, 2.45) is 11.8 Å². The van der Waals surface area contributed by atoms with E-state index in [-0.39, 0.29) is 23.7 Å². The molecule has 0 amide bonds. The predicted molar refractivity (Wildman–Crippen MR) is 68.9 cm³/mol. The number of alkyl halides is 3. The molecule has 6 heteroatoms. The van der Waals surface area contributed by atoms with Crippen LogP contribution in [-0.2, 0) is 11.0 Å². The van der Waals surface area contributed by atoms with Crippen LogP contribution in [0, 0.1) is 11.8 Å². The minimum absolute atomic E-state index is 0.0718. The molecule has 0 unspecified atom stereocenters. The van der Waals surface area contributed by atoms with Crippen LogP contribution in [0.5, 0.6) is 0 Å². The van der Waals surface area contributed by atoms with E-state index in [0.717, 1.165) is 30.7 Å². The number of carbonyl (C=O) groups is 2. The zero-order valence-corrected chi connectivity index (χ0v) is 11.2. The zero-order chi connectivity index (χ0) is 15.6. The highest BCUT2D eigenvalue weighted by molar-refractivity contribution is 5.96. The first kappa shape index (κ1) is 15.5. The lowest BCUT2D eigenvalue weighted by molar-refractivity contribution is -0.143. The van der Waals surface area contributed by atoms with Crippen LogP contribution < -0.4 is 0 Å². The second kappa shape index (κ2) is 5.87. The smallest absolute Gasteiger partial charge is 0.416 e. The van der Waals surface area contributed by atoms with Crippen LogP contribution in [-0.4, -0.2) is 16.9 Å². The van der Waals surface area contributed by atoms with Gasteiger partial charge in [-0.15, -0.1) is 0 Å². The Hall–Kier alpha value is -1.85. The molecular weight excluding hydrogens is 285 g/mol. The van der Waals surface area contributed by atoms with E-state index in [2.05, 4.69) is 0 Å². The van der Waals surface area contributed by atoms with Gasteiger partial charge in [0.25, 0.3) is 0 Å². The van der Waals surface area contributed by atoms with Gasteiger partial charge < -0.3 is 5.11 Å². The molecule has 1 fully saturated rings. The molecule has 21 heavy (non-hydrogen) atoms. The molecule has 0 aliphatic heterocycles. The highest BCUT2D eigenvalue weighted by atomic mass is 19.4. The van der Waals surface area contributed by atoms with Crippen molar-refractivity contribution in [1.82, 2.24) is 0 Å². The fourth-order valence-electron chi connectivity index (χ4n) is 2.81. The molecule has 1 aliphatic rings. The van der Waals surface area contributed by atoms with Gasteiger partial charge in [-0.1, -0.05) is 18.6 Å². The Kier molecular flexibility index (Phi) is 4.34. The van der Waals surface area contributed by atoms with Crippen LogP contribution in [0.15, 0.2) is 24.3 Å². The average molecular weight is 300 g/mol. The number of Topliss-reactive ketones (excluding diaryl/α,β-unsaturated/α-hetero) is 1. The molecule has 1 aliphatic carbocycles. The van der Waals surface area contributed by atoms with Gasteiger partial charge >= 0.3 is 12.1 Å². The quantitative estimate of drug-likeness (QED) is 0.861. The lowest BCUT2D eigenvalue weighted by Gasteiger charge is -2.15. The number of carboxylic acid groups (broad SMARTS) is 1. The monoisotopic (exact) mass is 300 g/mol. The fraction of sp³-hybridized carbons (Fsp3) is 0.467. The number of aliphatic carboxylic acids is 1. The lowest BCUT2D eigenvalue weighted by atomic mass is 9.89. The van der Waals surface area contributed by atoms with Crippen molar-refractivity contribution in [2.75, 3.05) is 0 Å². The van der Waals surface area contributed by atoms with Gasteiger partial charge in [-0.25, -0.2) is 0 Å². The van der Waals surface area contributed by atoms with Crippen LogP contribution in [0.2, 0.25) is 0 Å². The summed E-state index contributed by atoms with van der Waals surface area (Å²) >= 11 is 0. The number of carboxylic acids is 1. The first-order chi connectivity index (χ1) is 9.79. The Morgan fingerprint density at radius 3 is 2.29 bits per heavy atom. The standard InChI is InChI=1S/C15H15F3O3/c16-15(17,18)11-6-4-9(5-7-11)13(19)8-10-2-1-3-12(10)14(20)21/h4-7,10,12H,1-3,8H2,(H,20,21)/t10-,12+/m1/s1.